The van der Waals surface area contributed by atoms with E-state index in [1.54, 1.807) is 6.07 Å². The van der Waals surface area contributed by atoms with Crippen LogP contribution < -0.4 is 5.73 Å². The van der Waals surface area contributed by atoms with E-state index in [4.69, 9.17) is 14.9 Å². The lowest BCUT2D eigenvalue weighted by Gasteiger charge is -2.31. The number of aromatic nitrogens is 2. The van der Waals surface area contributed by atoms with Gasteiger partial charge in [-0.1, -0.05) is 0 Å². The predicted molar refractivity (Wildman–Crippen MR) is 96.8 cm³/mol. The third-order valence-electron chi connectivity index (χ3n) is 4.23. The zero-order valence-electron chi connectivity index (χ0n) is 14.4. The molecule has 0 aliphatic carbocycles. The Balaban J connectivity index is 0.00000225. The Morgan fingerprint density at radius 3 is 2.84 bits per heavy atom. The summed E-state index contributed by atoms with van der Waals surface area (Å²) in [5, 5.41) is 7.01. The van der Waals surface area contributed by atoms with E-state index in [0.717, 1.165) is 25.0 Å². The molecule has 8 heteroatoms. The van der Waals surface area contributed by atoms with E-state index in [1.165, 1.54) is 0 Å². The van der Waals surface area contributed by atoms with Crippen molar-refractivity contribution in [2.45, 2.75) is 32.3 Å². The highest BCUT2D eigenvalue weighted by atomic mass is 35.5. The van der Waals surface area contributed by atoms with Gasteiger partial charge in [-0.25, -0.2) is 0 Å². The molecule has 0 spiro atoms. The van der Waals surface area contributed by atoms with Crippen molar-refractivity contribution in [1.29, 1.82) is 0 Å². The van der Waals surface area contributed by atoms with Crippen molar-refractivity contribution < 1.29 is 13.9 Å². The minimum absolute atomic E-state index is 0. The van der Waals surface area contributed by atoms with Gasteiger partial charge >= 0.3 is 0 Å². The van der Waals surface area contributed by atoms with Gasteiger partial charge in [0.15, 0.2) is 11.5 Å². The van der Waals surface area contributed by atoms with Crippen LogP contribution in [0.5, 0.6) is 0 Å². The number of carbonyl (C=O) groups is 1. The Kier molecular flexibility index (Phi) is 7.04. The number of halogens is 1. The Morgan fingerprint density at radius 1 is 1.44 bits per heavy atom. The number of carbonyl (C=O) groups excluding carboxylic acids is 1. The molecule has 2 aromatic heterocycles. The minimum Gasteiger partial charge on any atom is -0.460 e. The Morgan fingerprint density at radius 2 is 2.20 bits per heavy atom. The summed E-state index contributed by atoms with van der Waals surface area (Å²) >= 11 is 0. The molecule has 1 amide bonds. The second kappa shape index (κ2) is 9.03. The lowest BCUT2D eigenvalue weighted by molar-refractivity contribution is 0.00829. The maximum Gasteiger partial charge on any atom is 0.274 e. The van der Waals surface area contributed by atoms with Crippen LogP contribution in [0, 0.1) is 6.92 Å². The Hall–Kier alpha value is -1.83. The molecule has 1 saturated heterocycles. The van der Waals surface area contributed by atoms with Gasteiger partial charge in [-0.15, -0.1) is 12.4 Å². The molecular weight excluding hydrogens is 344 g/mol. The maximum absolute atomic E-state index is 12.6. The highest BCUT2D eigenvalue weighted by Gasteiger charge is 2.25. The maximum atomic E-state index is 12.6. The van der Waals surface area contributed by atoms with Gasteiger partial charge in [-0.05, 0) is 44.9 Å². The van der Waals surface area contributed by atoms with Crippen molar-refractivity contribution in [3.05, 3.63) is 29.7 Å². The molecule has 3 heterocycles. The van der Waals surface area contributed by atoms with E-state index < -0.39 is 0 Å². The van der Waals surface area contributed by atoms with E-state index >= 15 is 0 Å². The number of piperidine rings is 1. The zero-order valence-corrected chi connectivity index (χ0v) is 15.2. The molecular formula is C17H25ClN4O3. The first-order chi connectivity index (χ1) is 11.7. The molecule has 0 bridgehead atoms. The van der Waals surface area contributed by atoms with Gasteiger partial charge in [0.25, 0.3) is 5.91 Å². The summed E-state index contributed by atoms with van der Waals surface area (Å²) in [6, 6.07) is 5.48. The lowest BCUT2D eigenvalue weighted by Crippen LogP contribution is -2.41. The van der Waals surface area contributed by atoms with Crippen LogP contribution in [0.4, 0.5) is 0 Å². The average Bonchev–Trinajstić information content (AvgIpc) is 3.24. The van der Waals surface area contributed by atoms with Crippen molar-refractivity contribution in [2.75, 3.05) is 26.2 Å². The summed E-state index contributed by atoms with van der Waals surface area (Å²) in [5.41, 5.74) is 6.60. The summed E-state index contributed by atoms with van der Waals surface area (Å²) in [4.78, 5) is 14.4. The summed E-state index contributed by atoms with van der Waals surface area (Å²) in [6.07, 6.45) is 2.80. The fourth-order valence-corrected chi connectivity index (χ4v) is 2.86. The summed E-state index contributed by atoms with van der Waals surface area (Å²) in [7, 11) is 0. The number of aryl methyl sites for hydroxylation is 1. The Labute approximate surface area is 153 Å². The van der Waals surface area contributed by atoms with E-state index in [0.29, 0.717) is 43.4 Å². The van der Waals surface area contributed by atoms with Gasteiger partial charge in [-0.2, -0.15) is 5.10 Å². The fraction of sp³-hybridized carbons (Fsp3) is 0.529. The number of hydrogen-bond donors (Lipinski definition) is 2. The number of hydrogen-bond acceptors (Lipinski definition) is 5. The zero-order chi connectivity index (χ0) is 16.9. The van der Waals surface area contributed by atoms with Crippen molar-refractivity contribution in [1.82, 2.24) is 15.1 Å². The second-order valence-corrected chi connectivity index (χ2v) is 6.08. The number of nitrogens with one attached hydrogen (secondary N) is 1. The van der Waals surface area contributed by atoms with Crippen LogP contribution in [0.25, 0.3) is 11.5 Å². The first-order valence-electron chi connectivity index (χ1n) is 8.40. The number of aromatic amines is 1. The fourth-order valence-electron chi connectivity index (χ4n) is 2.86. The molecule has 0 unspecified atom stereocenters. The Bertz CT molecular complexity index is 677. The second-order valence-electron chi connectivity index (χ2n) is 6.08. The van der Waals surface area contributed by atoms with Crippen molar-refractivity contribution in [3.63, 3.8) is 0 Å². The SMILES string of the molecule is Cc1ccc(-c2cc(C(=O)N3CCC(OCCCN)CC3)n[nH]2)o1.Cl. The standard InChI is InChI=1S/C17H24N4O3.ClH/c1-12-3-4-16(24-12)14-11-15(20-19-14)17(22)21-8-5-13(6-9-21)23-10-2-7-18;/h3-4,11,13H,2,5-10,18H2,1H3,(H,19,20);1H. The molecule has 25 heavy (non-hydrogen) atoms. The third kappa shape index (κ3) is 4.84. The van der Waals surface area contributed by atoms with Crippen LogP contribution in [-0.4, -0.2) is 53.3 Å². The predicted octanol–water partition coefficient (Wildman–Crippen LogP) is 2.37. The molecule has 1 aliphatic heterocycles. The van der Waals surface area contributed by atoms with Gasteiger partial charge in [0.05, 0.1) is 6.10 Å². The molecule has 2 aromatic rings. The first kappa shape index (κ1) is 19.5. The topological polar surface area (TPSA) is 97.4 Å². The largest absolute Gasteiger partial charge is 0.460 e. The molecule has 0 atom stereocenters. The average molecular weight is 369 g/mol. The molecule has 1 aliphatic rings. The van der Waals surface area contributed by atoms with E-state index in [2.05, 4.69) is 10.2 Å². The first-order valence-corrected chi connectivity index (χ1v) is 8.40. The third-order valence-corrected chi connectivity index (χ3v) is 4.23. The number of H-pyrrole nitrogens is 1. The van der Waals surface area contributed by atoms with Crippen LogP contribution in [0.3, 0.4) is 0 Å². The molecule has 3 N–H and O–H groups in total. The van der Waals surface area contributed by atoms with E-state index in [1.807, 2.05) is 24.0 Å². The molecule has 0 saturated carbocycles. The smallest absolute Gasteiger partial charge is 0.274 e. The van der Waals surface area contributed by atoms with Crippen molar-refractivity contribution in [2.24, 2.45) is 5.73 Å². The van der Waals surface area contributed by atoms with Gasteiger partial charge in [0, 0.05) is 25.8 Å². The monoisotopic (exact) mass is 368 g/mol. The number of nitrogens with two attached hydrogens (primary N) is 1. The summed E-state index contributed by atoms with van der Waals surface area (Å²) < 4.78 is 11.3. The number of furan rings is 1. The number of amides is 1. The molecule has 138 valence electrons. The van der Waals surface area contributed by atoms with Gasteiger partial charge in [0.1, 0.15) is 11.5 Å². The van der Waals surface area contributed by atoms with Crippen LogP contribution in [0.15, 0.2) is 22.6 Å². The number of likely N-dealkylation sites (tertiary alicyclic amines) is 1. The van der Waals surface area contributed by atoms with E-state index in [-0.39, 0.29) is 24.4 Å². The quantitative estimate of drug-likeness (QED) is 0.763. The van der Waals surface area contributed by atoms with Crippen LogP contribution in [-0.2, 0) is 4.74 Å². The van der Waals surface area contributed by atoms with Gasteiger partial charge in [-0.3, -0.25) is 9.89 Å². The highest BCUT2D eigenvalue weighted by Crippen LogP contribution is 2.22. The van der Waals surface area contributed by atoms with Gasteiger partial charge < -0.3 is 19.8 Å². The highest BCUT2D eigenvalue weighted by molar-refractivity contribution is 5.93. The van der Waals surface area contributed by atoms with Crippen LogP contribution in [0.2, 0.25) is 0 Å². The molecule has 0 radical (unpaired) electrons. The minimum atomic E-state index is -0.0545. The molecule has 0 aromatic carbocycles. The normalized spacial score (nSPS) is 15.2. The van der Waals surface area contributed by atoms with E-state index in [9.17, 15) is 4.79 Å². The molecule has 7 nitrogen and oxygen atoms in total. The lowest BCUT2D eigenvalue weighted by atomic mass is 10.1. The van der Waals surface area contributed by atoms with Crippen LogP contribution >= 0.6 is 12.4 Å². The molecule has 1 fully saturated rings. The van der Waals surface area contributed by atoms with Gasteiger partial charge in [0.2, 0.25) is 0 Å². The molecule has 3 rings (SSSR count). The number of rotatable bonds is 6. The summed E-state index contributed by atoms with van der Waals surface area (Å²) in [6.45, 7) is 4.60. The summed E-state index contributed by atoms with van der Waals surface area (Å²) in [5.74, 6) is 1.46. The van der Waals surface area contributed by atoms with Crippen molar-refractivity contribution in [3.8, 4) is 11.5 Å². The number of ether oxygens (including phenoxy) is 1. The van der Waals surface area contributed by atoms with Crippen molar-refractivity contribution >= 4 is 18.3 Å². The number of nitrogens with zero attached hydrogens (tertiary/aromatic N) is 2. The van der Waals surface area contributed by atoms with Crippen LogP contribution in [0.1, 0.15) is 35.5 Å².